The van der Waals surface area contributed by atoms with Crippen molar-refractivity contribution < 1.29 is 4.74 Å². The van der Waals surface area contributed by atoms with E-state index in [0.29, 0.717) is 24.1 Å². The maximum Gasteiger partial charge on any atom is 0.241 e. The molecule has 8 nitrogen and oxygen atoms in total. The summed E-state index contributed by atoms with van der Waals surface area (Å²) in [6.45, 7) is 6.34. The van der Waals surface area contributed by atoms with Crippen molar-refractivity contribution in [1.82, 2.24) is 29.1 Å². The molecular weight excluding hydrogens is 366 g/mol. The molecule has 29 heavy (non-hydrogen) atoms. The molecule has 4 heterocycles. The van der Waals surface area contributed by atoms with E-state index in [9.17, 15) is 0 Å². The van der Waals surface area contributed by atoms with Gasteiger partial charge in [0.05, 0.1) is 23.3 Å². The molecule has 1 aliphatic rings. The number of hydrogen-bond acceptors (Lipinski definition) is 6. The fourth-order valence-electron chi connectivity index (χ4n) is 4.16. The van der Waals surface area contributed by atoms with E-state index in [4.69, 9.17) is 4.74 Å². The number of aromatic nitrogens is 6. The van der Waals surface area contributed by atoms with Crippen LogP contribution in [0.4, 0.5) is 5.95 Å². The zero-order valence-corrected chi connectivity index (χ0v) is 17.1. The highest BCUT2D eigenvalue weighted by Crippen LogP contribution is 2.29. The van der Waals surface area contributed by atoms with E-state index in [1.807, 2.05) is 30.0 Å². The summed E-state index contributed by atoms with van der Waals surface area (Å²) in [5, 5.41) is 8.01. The predicted octanol–water partition coefficient (Wildman–Crippen LogP) is 3.62. The van der Waals surface area contributed by atoms with E-state index in [-0.39, 0.29) is 0 Å². The van der Waals surface area contributed by atoms with Crippen LogP contribution in [-0.4, -0.2) is 48.4 Å². The molecule has 0 atom stereocenters. The Balaban J connectivity index is 1.48. The van der Waals surface area contributed by atoms with Crippen molar-refractivity contribution in [2.24, 2.45) is 0 Å². The Morgan fingerprint density at radius 2 is 2.00 bits per heavy atom. The maximum absolute atomic E-state index is 5.33. The topological polar surface area (TPSA) is 82.2 Å². The van der Waals surface area contributed by atoms with Gasteiger partial charge in [0, 0.05) is 42.7 Å². The minimum Gasteiger partial charge on any atom is -0.381 e. The van der Waals surface area contributed by atoms with Crippen LogP contribution in [0.3, 0.4) is 0 Å². The van der Waals surface area contributed by atoms with Crippen molar-refractivity contribution >= 4 is 22.6 Å². The first-order chi connectivity index (χ1) is 14.0. The molecule has 1 saturated carbocycles. The number of hydrogen-bond donors (Lipinski definition) is 1. The molecule has 0 bridgehead atoms. The average molecular weight is 391 g/mol. The molecule has 8 heteroatoms. The van der Waals surface area contributed by atoms with Gasteiger partial charge < -0.3 is 14.6 Å². The van der Waals surface area contributed by atoms with Gasteiger partial charge >= 0.3 is 0 Å². The number of aryl methyl sites for hydroxylation is 1. The second-order valence-corrected chi connectivity index (χ2v) is 8.00. The van der Waals surface area contributed by atoms with E-state index in [1.54, 1.807) is 7.11 Å². The van der Waals surface area contributed by atoms with Crippen molar-refractivity contribution in [2.45, 2.75) is 51.8 Å². The molecule has 4 aromatic heterocycles. The number of imidazole rings is 1. The summed E-state index contributed by atoms with van der Waals surface area (Å²) in [7, 11) is 1.76. The molecule has 0 radical (unpaired) electrons. The van der Waals surface area contributed by atoms with Crippen LogP contribution in [0.5, 0.6) is 0 Å². The summed E-state index contributed by atoms with van der Waals surface area (Å²) in [6.07, 6.45) is 8.03. The minimum absolute atomic E-state index is 0.323. The highest BCUT2D eigenvalue weighted by molar-refractivity contribution is 5.85. The van der Waals surface area contributed by atoms with E-state index in [1.165, 1.54) is 0 Å². The molecule has 0 aliphatic heterocycles. The molecule has 1 fully saturated rings. The van der Waals surface area contributed by atoms with Crippen molar-refractivity contribution in [2.75, 3.05) is 12.4 Å². The number of ether oxygens (including phenoxy) is 1. The number of pyridine rings is 1. The van der Waals surface area contributed by atoms with Gasteiger partial charge in [-0.1, -0.05) is 0 Å². The first kappa shape index (κ1) is 18.1. The first-order valence-electron chi connectivity index (χ1n) is 10.0. The summed E-state index contributed by atoms with van der Waals surface area (Å²) in [5.74, 6) is 1.62. The number of anilines is 1. The van der Waals surface area contributed by atoms with Crippen molar-refractivity contribution in [3.8, 4) is 11.1 Å². The van der Waals surface area contributed by atoms with Gasteiger partial charge in [-0.25, -0.2) is 19.5 Å². The van der Waals surface area contributed by atoms with E-state index < -0.39 is 0 Å². The zero-order chi connectivity index (χ0) is 20.1. The SMILES string of the molecule is COC1CC(Nc2ncc3c(-c4cnc5nc(C)n(C(C)C)c5c4)ccn3n2)C1. The van der Waals surface area contributed by atoms with E-state index >= 15 is 0 Å². The third kappa shape index (κ3) is 3.04. The fourth-order valence-corrected chi connectivity index (χ4v) is 4.16. The van der Waals surface area contributed by atoms with Crippen LogP contribution in [0.15, 0.2) is 30.7 Å². The van der Waals surface area contributed by atoms with Gasteiger partial charge in [0.25, 0.3) is 0 Å². The van der Waals surface area contributed by atoms with Gasteiger partial charge in [-0.05, 0) is 45.7 Å². The minimum atomic E-state index is 0.323. The van der Waals surface area contributed by atoms with Crippen LogP contribution in [0.2, 0.25) is 0 Å². The van der Waals surface area contributed by atoms with Gasteiger partial charge in [0.15, 0.2) is 5.65 Å². The lowest BCUT2D eigenvalue weighted by Crippen LogP contribution is -2.40. The lowest BCUT2D eigenvalue weighted by atomic mass is 9.89. The van der Waals surface area contributed by atoms with Crippen molar-refractivity contribution in [3.63, 3.8) is 0 Å². The van der Waals surface area contributed by atoms with Crippen LogP contribution in [-0.2, 0) is 4.74 Å². The summed E-state index contributed by atoms with van der Waals surface area (Å²) < 4.78 is 9.42. The molecule has 5 rings (SSSR count). The molecule has 1 N–H and O–H groups in total. The predicted molar refractivity (Wildman–Crippen MR) is 112 cm³/mol. The summed E-state index contributed by atoms with van der Waals surface area (Å²) >= 11 is 0. The number of methoxy groups -OCH3 is 1. The highest BCUT2D eigenvalue weighted by Gasteiger charge is 2.29. The number of fused-ring (bicyclic) bond motifs is 2. The Morgan fingerprint density at radius 1 is 1.17 bits per heavy atom. The monoisotopic (exact) mass is 391 g/mol. The largest absolute Gasteiger partial charge is 0.381 e. The van der Waals surface area contributed by atoms with Crippen molar-refractivity contribution in [3.05, 3.63) is 36.5 Å². The number of nitrogens with zero attached hydrogens (tertiary/aromatic N) is 6. The molecular formula is C21H25N7O. The normalized spacial score (nSPS) is 19.2. The van der Waals surface area contributed by atoms with Gasteiger partial charge in [-0.3, -0.25) is 0 Å². The third-order valence-electron chi connectivity index (χ3n) is 5.73. The summed E-state index contributed by atoms with van der Waals surface area (Å²) in [5.41, 5.74) is 4.87. The Labute approximate surface area is 168 Å². The van der Waals surface area contributed by atoms with E-state index in [0.717, 1.165) is 46.5 Å². The van der Waals surface area contributed by atoms with Gasteiger partial charge in [-0.2, -0.15) is 0 Å². The molecule has 0 amide bonds. The average Bonchev–Trinajstić information content (AvgIpc) is 3.23. The standard InChI is InChI=1S/C21H25N7O/c1-12(2)28-13(3)24-20-18(28)7-14(10-22-20)17-5-6-27-19(17)11-23-21(26-27)25-15-8-16(9-15)29-4/h5-7,10-12,15-16H,8-9H2,1-4H3,(H,25,26). The number of rotatable bonds is 5. The van der Waals surface area contributed by atoms with Crippen LogP contribution in [0.1, 0.15) is 38.6 Å². The van der Waals surface area contributed by atoms with Crippen LogP contribution in [0.25, 0.3) is 27.8 Å². The lowest BCUT2D eigenvalue weighted by Gasteiger charge is -2.34. The second kappa shape index (κ2) is 6.81. The molecule has 4 aromatic rings. The first-order valence-corrected chi connectivity index (χ1v) is 10.0. The molecule has 0 aromatic carbocycles. The fraction of sp³-hybridized carbons (Fsp3) is 0.429. The Hall–Kier alpha value is -3.00. The van der Waals surface area contributed by atoms with Crippen molar-refractivity contribution in [1.29, 1.82) is 0 Å². The molecule has 1 aliphatic carbocycles. The lowest BCUT2D eigenvalue weighted by molar-refractivity contribution is 0.0326. The Morgan fingerprint density at radius 3 is 2.76 bits per heavy atom. The smallest absolute Gasteiger partial charge is 0.241 e. The molecule has 0 spiro atoms. The van der Waals surface area contributed by atoms with Gasteiger partial charge in [-0.15, -0.1) is 5.10 Å². The maximum atomic E-state index is 5.33. The van der Waals surface area contributed by atoms with Gasteiger partial charge in [0.1, 0.15) is 5.82 Å². The van der Waals surface area contributed by atoms with Gasteiger partial charge in [0.2, 0.25) is 5.95 Å². The summed E-state index contributed by atoms with van der Waals surface area (Å²) in [6, 6.07) is 4.91. The number of nitrogens with one attached hydrogen (secondary N) is 1. The summed E-state index contributed by atoms with van der Waals surface area (Å²) in [4.78, 5) is 13.7. The van der Waals surface area contributed by atoms with E-state index in [2.05, 4.69) is 55.9 Å². The van der Waals surface area contributed by atoms with Crippen LogP contribution >= 0.6 is 0 Å². The Kier molecular flexibility index (Phi) is 4.24. The molecule has 150 valence electrons. The molecule has 0 unspecified atom stereocenters. The molecule has 0 saturated heterocycles. The third-order valence-corrected chi connectivity index (χ3v) is 5.73. The van der Waals surface area contributed by atoms with Crippen LogP contribution in [0, 0.1) is 6.92 Å². The Bertz CT molecular complexity index is 1190. The zero-order valence-electron chi connectivity index (χ0n) is 17.1. The van der Waals surface area contributed by atoms with Crippen LogP contribution < -0.4 is 5.32 Å². The quantitative estimate of drug-likeness (QED) is 0.560. The second-order valence-electron chi connectivity index (χ2n) is 8.00. The highest BCUT2D eigenvalue weighted by atomic mass is 16.5.